The van der Waals surface area contributed by atoms with Crippen molar-refractivity contribution in [2.45, 2.75) is 117 Å². The molecule has 13 nitrogen and oxygen atoms in total. The van der Waals surface area contributed by atoms with E-state index in [1.165, 1.54) is 29.6 Å². The van der Waals surface area contributed by atoms with Crippen molar-refractivity contribution in [2.75, 3.05) is 13.1 Å². The molecular formula is C36H55N7O6. The van der Waals surface area contributed by atoms with Gasteiger partial charge in [-0.2, -0.15) is 0 Å². The van der Waals surface area contributed by atoms with E-state index in [0.29, 0.717) is 12.8 Å². The molecule has 3 rings (SSSR count). The van der Waals surface area contributed by atoms with Gasteiger partial charge in [-0.3, -0.25) is 33.8 Å². The highest BCUT2D eigenvalue weighted by molar-refractivity contribution is 6.38. The van der Waals surface area contributed by atoms with Gasteiger partial charge in [0.15, 0.2) is 0 Å². The fourth-order valence-corrected chi connectivity index (χ4v) is 6.87. The van der Waals surface area contributed by atoms with Gasteiger partial charge in [0.1, 0.15) is 23.8 Å². The zero-order valence-corrected chi connectivity index (χ0v) is 29.9. The van der Waals surface area contributed by atoms with Gasteiger partial charge in [0, 0.05) is 25.5 Å². The van der Waals surface area contributed by atoms with E-state index in [9.17, 15) is 28.8 Å². The van der Waals surface area contributed by atoms with E-state index < -0.39 is 64.9 Å². The summed E-state index contributed by atoms with van der Waals surface area (Å²) in [5.41, 5.74) is -0.678. The number of Topliss-reactive ketones (excluding diaryl/α,β-unsaturated/α-hetero) is 1. The first-order valence-electron chi connectivity index (χ1n) is 17.6. The van der Waals surface area contributed by atoms with Crippen LogP contribution >= 0.6 is 0 Å². The first-order valence-corrected chi connectivity index (χ1v) is 17.6. The van der Waals surface area contributed by atoms with Crippen molar-refractivity contribution in [3.8, 4) is 0 Å². The number of aromatic nitrogens is 2. The van der Waals surface area contributed by atoms with Crippen molar-refractivity contribution >= 4 is 35.3 Å². The van der Waals surface area contributed by atoms with Gasteiger partial charge in [0.05, 0.1) is 12.2 Å². The minimum absolute atomic E-state index is 0.0272. The summed E-state index contributed by atoms with van der Waals surface area (Å²) in [6.07, 6.45) is 11.4. The molecule has 2 aliphatic rings. The predicted molar refractivity (Wildman–Crippen MR) is 185 cm³/mol. The van der Waals surface area contributed by atoms with E-state index >= 15 is 0 Å². The lowest BCUT2D eigenvalue weighted by molar-refractivity contribution is -0.146. The highest BCUT2D eigenvalue weighted by Crippen LogP contribution is 2.34. The van der Waals surface area contributed by atoms with Crippen LogP contribution in [0, 0.1) is 23.2 Å². The number of likely N-dealkylation sites (tertiary alicyclic amines) is 1. The molecular weight excluding hydrogens is 626 g/mol. The van der Waals surface area contributed by atoms with Crippen molar-refractivity contribution in [1.82, 2.24) is 36.1 Å². The average Bonchev–Trinajstić information content (AvgIpc) is 3.54. The van der Waals surface area contributed by atoms with E-state index in [4.69, 9.17) is 0 Å². The lowest BCUT2D eigenvalue weighted by atomic mass is 9.82. The molecule has 2 heterocycles. The van der Waals surface area contributed by atoms with Gasteiger partial charge < -0.3 is 26.2 Å². The van der Waals surface area contributed by atoms with Crippen molar-refractivity contribution in [3.63, 3.8) is 0 Å². The van der Waals surface area contributed by atoms with E-state index in [0.717, 1.165) is 32.1 Å². The second-order valence-corrected chi connectivity index (χ2v) is 14.6. The van der Waals surface area contributed by atoms with Crippen LogP contribution in [-0.4, -0.2) is 87.4 Å². The van der Waals surface area contributed by atoms with Crippen LogP contribution in [0.15, 0.2) is 31.2 Å². The lowest BCUT2D eigenvalue weighted by Gasteiger charge is -2.38. The van der Waals surface area contributed by atoms with Crippen LogP contribution in [0.1, 0.15) is 103 Å². The Bertz CT molecular complexity index is 1340. The molecule has 0 radical (unpaired) electrons. The molecule has 1 saturated carbocycles. The molecule has 5 amide bonds. The second kappa shape index (κ2) is 18.0. The molecule has 4 N–H and O–H groups in total. The Labute approximate surface area is 290 Å². The van der Waals surface area contributed by atoms with E-state index in [1.54, 1.807) is 0 Å². The molecule has 0 bridgehead atoms. The van der Waals surface area contributed by atoms with Crippen LogP contribution in [0.25, 0.3) is 0 Å². The summed E-state index contributed by atoms with van der Waals surface area (Å²) in [7, 11) is 0. The molecule has 2 unspecified atom stereocenters. The van der Waals surface area contributed by atoms with E-state index in [1.807, 2.05) is 41.5 Å². The van der Waals surface area contributed by atoms with E-state index in [2.05, 4.69) is 37.8 Å². The Morgan fingerprint density at radius 2 is 1.69 bits per heavy atom. The number of rotatable bonds is 15. The van der Waals surface area contributed by atoms with Crippen molar-refractivity contribution < 1.29 is 28.8 Å². The zero-order chi connectivity index (χ0) is 36.3. The Kier molecular flexibility index (Phi) is 14.4. The normalized spacial score (nSPS) is 20.1. The van der Waals surface area contributed by atoms with Crippen molar-refractivity contribution in [3.05, 3.63) is 36.9 Å². The maximum Gasteiger partial charge on any atom is 0.289 e. The summed E-state index contributed by atoms with van der Waals surface area (Å²) in [4.78, 5) is 90.8. The van der Waals surface area contributed by atoms with Crippen molar-refractivity contribution in [1.29, 1.82) is 0 Å². The minimum atomic E-state index is -1.06. The molecule has 0 aromatic carbocycles. The Morgan fingerprint density at radius 3 is 2.27 bits per heavy atom. The molecule has 270 valence electrons. The van der Waals surface area contributed by atoms with Gasteiger partial charge >= 0.3 is 0 Å². The number of nitrogens with zero attached hydrogens (tertiary/aromatic N) is 3. The first kappa shape index (κ1) is 39.3. The molecule has 1 aliphatic carbocycles. The van der Waals surface area contributed by atoms with Crippen LogP contribution in [0.2, 0.25) is 0 Å². The summed E-state index contributed by atoms with van der Waals surface area (Å²) in [5, 5.41) is 11.1. The topological polar surface area (TPSA) is 180 Å². The van der Waals surface area contributed by atoms with Crippen LogP contribution < -0.4 is 21.3 Å². The SMILES string of the molecule is C=CCNC(=O)C(=O)C(CCC)NC(=O)[C@@H]1C(C(C)C)CCN1C(=O)[C@@H](NC(=O)[C@@H](NC(=O)c1cnccn1)C1CCCCC1)C(C)(C)C. The third-order valence-electron chi connectivity index (χ3n) is 9.58. The monoisotopic (exact) mass is 681 g/mol. The molecule has 5 atom stereocenters. The largest absolute Gasteiger partial charge is 0.346 e. The molecule has 0 spiro atoms. The maximum absolute atomic E-state index is 14.5. The molecule has 1 saturated heterocycles. The van der Waals surface area contributed by atoms with Crippen molar-refractivity contribution in [2.24, 2.45) is 23.2 Å². The Hall–Kier alpha value is -4.16. The van der Waals surface area contributed by atoms with Gasteiger partial charge in [0.2, 0.25) is 23.5 Å². The summed E-state index contributed by atoms with van der Waals surface area (Å²) in [5.74, 6) is -3.82. The Balaban J connectivity index is 1.89. The number of amides is 5. The summed E-state index contributed by atoms with van der Waals surface area (Å²) in [6, 6.07) is -3.90. The van der Waals surface area contributed by atoms with Gasteiger partial charge in [-0.05, 0) is 48.9 Å². The summed E-state index contributed by atoms with van der Waals surface area (Å²) >= 11 is 0. The fraction of sp³-hybridized carbons (Fsp3) is 0.667. The van der Waals surface area contributed by atoms with Gasteiger partial charge in [-0.15, -0.1) is 6.58 Å². The number of carbonyl (C=O) groups is 6. The summed E-state index contributed by atoms with van der Waals surface area (Å²) in [6.45, 7) is 15.3. The third-order valence-corrected chi connectivity index (χ3v) is 9.58. The highest BCUT2D eigenvalue weighted by atomic mass is 16.2. The average molecular weight is 682 g/mol. The number of ketones is 1. The first-order chi connectivity index (χ1) is 23.2. The fourth-order valence-electron chi connectivity index (χ4n) is 6.87. The highest BCUT2D eigenvalue weighted by Gasteiger charge is 2.48. The quantitative estimate of drug-likeness (QED) is 0.161. The number of hydrogen-bond donors (Lipinski definition) is 4. The molecule has 2 fully saturated rings. The lowest BCUT2D eigenvalue weighted by Crippen LogP contribution is -2.62. The standard InChI is InChI=1S/C36H55N7O6/c1-8-13-25(29(44)34(48)39-17-9-2)40-33(47)28-24(22(3)4)16-20-43(28)35(49)30(36(5,6)7)42-32(46)27(23-14-11-10-12-15-23)41-31(45)26-21-37-18-19-38-26/h9,18-19,21-25,27-28,30H,2,8,10-17,20H2,1,3-7H3,(H,39,48)(H,40,47)(H,41,45)(H,42,46)/t24?,25?,27-,28-,30+/m0/s1. The van der Waals surface area contributed by atoms with Crippen LogP contribution in [0.4, 0.5) is 0 Å². The third kappa shape index (κ3) is 10.4. The van der Waals surface area contributed by atoms with Crippen LogP contribution in [0.3, 0.4) is 0 Å². The smallest absolute Gasteiger partial charge is 0.289 e. The molecule has 1 aromatic heterocycles. The molecule has 1 aliphatic heterocycles. The number of carbonyl (C=O) groups excluding carboxylic acids is 6. The second-order valence-electron chi connectivity index (χ2n) is 14.6. The van der Waals surface area contributed by atoms with E-state index in [-0.39, 0.29) is 43.0 Å². The summed E-state index contributed by atoms with van der Waals surface area (Å²) < 4.78 is 0. The zero-order valence-electron chi connectivity index (χ0n) is 29.9. The van der Waals surface area contributed by atoms with Gasteiger partial charge in [-0.25, -0.2) is 4.98 Å². The van der Waals surface area contributed by atoms with Crippen LogP contribution in [0.5, 0.6) is 0 Å². The predicted octanol–water partition coefficient (Wildman–Crippen LogP) is 2.72. The van der Waals surface area contributed by atoms with Gasteiger partial charge in [-0.1, -0.05) is 73.3 Å². The number of hydrogen-bond acceptors (Lipinski definition) is 8. The maximum atomic E-state index is 14.5. The Morgan fingerprint density at radius 1 is 1.00 bits per heavy atom. The molecule has 49 heavy (non-hydrogen) atoms. The van der Waals surface area contributed by atoms with Gasteiger partial charge in [0.25, 0.3) is 11.8 Å². The molecule has 1 aromatic rings. The van der Waals surface area contributed by atoms with Crippen LogP contribution in [-0.2, 0) is 24.0 Å². The minimum Gasteiger partial charge on any atom is -0.346 e. The number of nitrogens with one attached hydrogen (secondary N) is 4. The molecule has 13 heteroatoms.